The van der Waals surface area contributed by atoms with E-state index in [-0.39, 0.29) is 37.3 Å². The Morgan fingerprint density at radius 2 is 1.63 bits per heavy atom. The van der Waals surface area contributed by atoms with E-state index >= 15 is 0 Å². The normalized spacial score (nSPS) is 21.9. The molecule has 1 aliphatic heterocycles. The van der Waals surface area contributed by atoms with E-state index in [9.17, 15) is 25.2 Å². The molecule has 11 nitrogen and oxygen atoms in total. The Morgan fingerprint density at radius 1 is 1.00 bits per heavy atom. The largest absolute Gasteiger partial charge is 0.504 e. The Kier molecular flexibility index (Phi) is 4.72. The molecule has 1 saturated carbocycles. The lowest BCUT2D eigenvalue weighted by molar-refractivity contribution is -0.420. The minimum absolute atomic E-state index is 0.0627. The van der Waals surface area contributed by atoms with Crippen molar-refractivity contribution in [3.05, 3.63) is 5.56 Å². The second-order valence-corrected chi connectivity index (χ2v) is 6.75. The SMILES string of the molecule is O=C1CC(c2c(O)c(O)c(OC(O)(O)O)c(OC3(O)CCCC3)c2O)CN1. The van der Waals surface area contributed by atoms with Gasteiger partial charge in [-0.15, -0.1) is 0 Å². The van der Waals surface area contributed by atoms with Gasteiger partial charge in [-0.1, -0.05) is 0 Å². The topological polar surface area (TPSA) is 189 Å². The predicted molar refractivity (Wildman–Crippen MR) is 85.9 cm³/mol. The number of phenols is 3. The van der Waals surface area contributed by atoms with Gasteiger partial charge in [-0.3, -0.25) is 4.79 Å². The van der Waals surface area contributed by atoms with Crippen molar-refractivity contribution in [2.75, 3.05) is 6.54 Å². The van der Waals surface area contributed by atoms with Crippen LogP contribution in [0, 0.1) is 0 Å². The van der Waals surface area contributed by atoms with E-state index in [1.54, 1.807) is 0 Å². The summed E-state index contributed by atoms with van der Waals surface area (Å²) in [5.41, 5.74) is -0.241. The average Bonchev–Trinajstić information content (AvgIpc) is 3.17. The third kappa shape index (κ3) is 3.81. The molecule has 1 aliphatic carbocycles. The molecule has 150 valence electrons. The molecule has 1 saturated heterocycles. The maximum atomic E-state index is 11.5. The van der Waals surface area contributed by atoms with Crippen LogP contribution in [0.5, 0.6) is 28.7 Å². The number of nitrogens with one attached hydrogen (secondary N) is 1. The molecule has 1 unspecified atom stereocenters. The lowest BCUT2D eigenvalue weighted by Crippen LogP contribution is -2.36. The van der Waals surface area contributed by atoms with Crippen LogP contribution in [0.1, 0.15) is 43.6 Å². The van der Waals surface area contributed by atoms with Gasteiger partial charge in [0.1, 0.15) is 0 Å². The van der Waals surface area contributed by atoms with Crippen molar-refractivity contribution in [1.29, 1.82) is 0 Å². The predicted octanol–water partition coefficient (Wildman–Crippen LogP) is -0.985. The number of benzene rings is 1. The molecule has 0 aromatic heterocycles. The number of hydrogen-bond donors (Lipinski definition) is 8. The number of phenolic OH excluding ortho intramolecular Hbond substituents is 3. The van der Waals surface area contributed by atoms with Gasteiger partial charge in [-0.2, -0.15) is 0 Å². The van der Waals surface area contributed by atoms with Gasteiger partial charge in [-0.05, 0) is 12.8 Å². The summed E-state index contributed by atoms with van der Waals surface area (Å²) in [7, 11) is 0. The summed E-state index contributed by atoms with van der Waals surface area (Å²) in [5.74, 6) is -7.21. The van der Waals surface area contributed by atoms with Gasteiger partial charge in [0.05, 0.1) is 0 Å². The fourth-order valence-corrected chi connectivity index (χ4v) is 3.43. The lowest BCUT2D eigenvalue weighted by Gasteiger charge is -2.28. The molecule has 1 amide bonds. The molecule has 2 aliphatic rings. The van der Waals surface area contributed by atoms with Crippen molar-refractivity contribution in [2.24, 2.45) is 0 Å². The van der Waals surface area contributed by atoms with E-state index in [0.29, 0.717) is 12.8 Å². The van der Waals surface area contributed by atoms with Gasteiger partial charge in [0.15, 0.2) is 11.5 Å². The molecule has 1 atom stereocenters. The van der Waals surface area contributed by atoms with Crippen LogP contribution in [0.15, 0.2) is 0 Å². The summed E-state index contributed by atoms with van der Waals surface area (Å²) in [5, 5.41) is 71.4. The van der Waals surface area contributed by atoms with E-state index in [4.69, 9.17) is 20.1 Å². The fourth-order valence-electron chi connectivity index (χ4n) is 3.43. The van der Waals surface area contributed by atoms with Crippen LogP contribution < -0.4 is 14.8 Å². The number of carbonyl (C=O) groups is 1. The number of carbonyl (C=O) groups excluding carboxylic acids is 1. The van der Waals surface area contributed by atoms with Gasteiger partial charge in [-0.25, -0.2) is 0 Å². The third-order valence-corrected chi connectivity index (χ3v) is 4.67. The number of amides is 1. The van der Waals surface area contributed by atoms with E-state index in [1.165, 1.54) is 0 Å². The van der Waals surface area contributed by atoms with Crippen LogP contribution >= 0.6 is 0 Å². The summed E-state index contributed by atoms with van der Waals surface area (Å²) in [6.45, 7) is 0.0627. The van der Waals surface area contributed by atoms with Crippen molar-refractivity contribution in [1.82, 2.24) is 5.32 Å². The standard InChI is InChI=1S/C16H21NO10/c18-8-5-7(6-17-8)9-10(19)12(21)14(27-16(23,24)25)13(11(9)20)26-15(22)3-1-2-4-15/h7,19-25H,1-6H2,(H,17,18). The minimum atomic E-state index is -3.76. The zero-order valence-corrected chi connectivity index (χ0v) is 14.2. The quantitative estimate of drug-likeness (QED) is 0.177. The average molecular weight is 387 g/mol. The number of aliphatic hydroxyl groups is 4. The van der Waals surface area contributed by atoms with Gasteiger partial charge >= 0.3 is 6.16 Å². The zero-order valence-electron chi connectivity index (χ0n) is 14.2. The van der Waals surface area contributed by atoms with Crippen molar-refractivity contribution in [3.8, 4) is 28.7 Å². The first-order chi connectivity index (χ1) is 12.5. The summed E-state index contributed by atoms with van der Waals surface area (Å²) in [6.07, 6.45) is -2.23. The number of ether oxygens (including phenoxy) is 2. The first kappa shape index (κ1) is 19.3. The molecule has 0 bridgehead atoms. The number of hydrogen-bond acceptors (Lipinski definition) is 10. The highest BCUT2D eigenvalue weighted by Crippen LogP contribution is 2.56. The summed E-state index contributed by atoms with van der Waals surface area (Å²) < 4.78 is 9.80. The number of rotatable bonds is 5. The van der Waals surface area contributed by atoms with E-state index in [0.717, 1.165) is 0 Å². The molecule has 1 aromatic rings. The van der Waals surface area contributed by atoms with Gasteiger partial charge < -0.3 is 50.5 Å². The lowest BCUT2D eigenvalue weighted by atomic mass is 9.94. The first-order valence-electron chi connectivity index (χ1n) is 8.36. The van der Waals surface area contributed by atoms with Crippen molar-refractivity contribution < 1.29 is 50.0 Å². The first-order valence-corrected chi connectivity index (χ1v) is 8.36. The third-order valence-electron chi connectivity index (χ3n) is 4.67. The van der Waals surface area contributed by atoms with E-state index in [2.05, 4.69) is 10.1 Å². The Balaban J connectivity index is 2.13. The van der Waals surface area contributed by atoms with Gasteiger partial charge in [0.25, 0.3) is 0 Å². The highest BCUT2D eigenvalue weighted by Gasteiger charge is 2.41. The van der Waals surface area contributed by atoms with Crippen LogP contribution in [0.25, 0.3) is 0 Å². The fraction of sp³-hybridized carbons (Fsp3) is 0.562. The second kappa shape index (κ2) is 6.60. The van der Waals surface area contributed by atoms with Crippen LogP contribution in [0.4, 0.5) is 0 Å². The molecule has 27 heavy (non-hydrogen) atoms. The highest BCUT2D eigenvalue weighted by molar-refractivity contribution is 5.81. The molecular formula is C16H21NO10. The summed E-state index contributed by atoms with van der Waals surface area (Å²) in [6, 6.07) is 0. The van der Waals surface area contributed by atoms with E-state index < -0.39 is 46.6 Å². The molecule has 8 N–H and O–H groups in total. The summed E-state index contributed by atoms with van der Waals surface area (Å²) >= 11 is 0. The molecule has 0 spiro atoms. The maximum Gasteiger partial charge on any atom is 0.453 e. The van der Waals surface area contributed by atoms with Crippen molar-refractivity contribution >= 4 is 5.91 Å². The molecular weight excluding hydrogens is 366 g/mol. The molecule has 11 heteroatoms. The Labute approximate surface area is 153 Å². The molecule has 1 heterocycles. The highest BCUT2D eigenvalue weighted by atomic mass is 16.9. The van der Waals surface area contributed by atoms with Crippen molar-refractivity contribution in [3.63, 3.8) is 0 Å². The summed E-state index contributed by atoms with van der Waals surface area (Å²) in [4.78, 5) is 11.5. The Bertz CT molecular complexity index is 751. The number of aromatic hydroxyl groups is 3. The van der Waals surface area contributed by atoms with E-state index in [1.807, 2.05) is 0 Å². The Hall–Kier alpha value is -2.47. The molecule has 1 aromatic carbocycles. The maximum absolute atomic E-state index is 11.5. The molecule has 0 radical (unpaired) electrons. The van der Waals surface area contributed by atoms with Crippen LogP contribution in [0.3, 0.4) is 0 Å². The smallest absolute Gasteiger partial charge is 0.453 e. The van der Waals surface area contributed by atoms with Crippen LogP contribution in [-0.4, -0.2) is 60.1 Å². The molecule has 3 rings (SSSR count). The van der Waals surface area contributed by atoms with Crippen LogP contribution in [-0.2, 0) is 4.79 Å². The molecule has 2 fully saturated rings. The minimum Gasteiger partial charge on any atom is -0.504 e. The van der Waals surface area contributed by atoms with Gasteiger partial charge in [0.2, 0.25) is 28.9 Å². The zero-order chi connectivity index (χ0) is 20.0. The van der Waals surface area contributed by atoms with Crippen LogP contribution in [0.2, 0.25) is 0 Å². The Morgan fingerprint density at radius 3 is 2.15 bits per heavy atom. The van der Waals surface area contributed by atoms with Gasteiger partial charge in [0, 0.05) is 37.3 Å². The van der Waals surface area contributed by atoms with Crippen molar-refractivity contribution in [2.45, 2.75) is 50.0 Å². The second-order valence-electron chi connectivity index (χ2n) is 6.75. The monoisotopic (exact) mass is 387 g/mol.